The molecule has 0 aliphatic heterocycles. The molecule has 0 saturated carbocycles. The van der Waals surface area contributed by atoms with Crippen LogP contribution in [0.5, 0.6) is 0 Å². The molecule has 0 aliphatic rings. The molecular formula is C17H15ClFN3O2. The number of carbonyl (C=O) groups excluding carboxylic acids is 1. The van der Waals surface area contributed by atoms with Crippen molar-refractivity contribution in [2.45, 2.75) is 12.5 Å². The molecule has 0 fully saturated rings. The van der Waals surface area contributed by atoms with Crippen LogP contribution in [0.1, 0.15) is 17.2 Å². The Bertz CT molecular complexity index is 759. The number of nitrogens with one attached hydrogen (secondary N) is 2. The number of urea groups is 1. The van der Waals surface area contributed by atoms with Crippen molar-refractivity contribution in [3.63, 3.8) is 0 Å². The maximum Gasteiger partial charge on any atom is 0.319 e. The van der Waals surface area contributed by atoms with Gasteiger partial charge in [-0.2, -0.15) is 5.26 Å². The Labute approximate surface area is 143 Å². The summed E-state index contributed by atoms with van der Waals surface area (Å²) >= 11 is 5.58. The Morgan fingerprint density at radius 2 is 2.00 bits per heavy atom. The third-order valence-corrected chi connectivity index (χ3v) is 3.59. The molecule has 3 N–H and O–H groups in total. The molecule has 2 rings (SSSR count). The molecule has 1 atom stereocenters. The molecule has 0 radical (unpaired) electrons. The molecule has 0 heterocycles. The minimum atomic E-state index is -1.06. The number of anilines is 1. The first-order valence-electron chi connectivity index (χ1n) is 7.13. The van der Waals surface area contributed by atoms with Gasteiger partial charge in [0.2, 0.25) is 0 Å². The van der Waals surface area contributed by atoms with Crippen molar-refractivity contribution in [2.75, 3.05) is 11.9 Å². The molecule has 0 aromatic heterocycles. The molecule has 1 unspecified atom stereocenters. The van der Waals surface area contributed by atoms with Gasteiger partial charge in [-0.25, -0.2) is 9.18 Å². The van der Waals surface area contributed by atoms with Crippen LogP contribution in [-0.2, 0) is 6.42 Å². The first kappa shape index (κ1) is 17.7. The van der Waals surface area contributed by atoms with Crippen LogP contribution in [0.4, 0.5) is 14.9 Å². The highest BCUT2D eigenvalue weighted by Gasteiger charge is 2.12. The SMILES string of the molecule is N#CCc1ccc(NC(=O)NCC(O)c2ccc(Cl)c(F)c2)cc1. The number of nitrogens with zero attached hydrogens (tertiary/aromatic N) is 1. The molecular weight excluding hydrogens is 333 g/mol. The van der Waals surface area contributed by atoms with Gasteiger partial charge in [0.1, 0.15) is 5.82 Å². The van der Waals surface area contributed by atoms with E-state index in [2.05, 4.69) is 10.6 Å². The van der Waals surface area contributed by atoms with Crippen LogP contribution < -0.4 is 10.6 Å². The predicted molar refractivity (Wildman–Crippen MR) is 89.2 cm³/mol. The molecule has 0 aliphatic carbocycles. The van der Waals surface area contributed by atoms with Crippen molar-refractivity contribution in [1.29, 1.82) is 5.26 Å². The molecule has 0 bridgehead atoms. The highest BCUT2D eigenvalue weighted by Crippen LogP contribution is 2.20. The number of aliphatic hydroxyl groups excluding tert-OH is 1. The zero-order chi connectivity index (χ0) is 17.5. The molecule has 0 saturated heterocycles. The van der Waals surface area contributed by atoms with E-state index in [1.54, 1.807) is 24.3 Å². The average molecular weight is 348 g/mol. The number of aliphatic hydroxyl groups is 1. The Kier molecular flexibility index (Phi) is 6.13. The molecule has 24 heavy (non-hydrogen) atoms. The summed E-state index contributed by atoms with van der Waals surface area (Å²) in [5.74, 6) is -0.630. The standard InChI is InChI=1S/C17H15ClFN3O2/c18-14-6-3-12(9-15(14)19)16(23)10-21-17(24)22-13-4-1-11(2-5-13)7-8-20/h1-6,9,16,23H,7,10H2,(H2,21,22,24). The summed E-state index contributed by atoms with van der Waals surface area (Å²) in [5.41, 5.74) is 1.72. The predicted octanol–water partition coefficient (Wildman–Crippen LogP) is 3.40. The second-order valence-electron chi connectivity index (χ2n) is 5.06. The van der Waals surface area contributed by atoms with Gasteiger partial charge in [-0.15, -0.1) is 0 Å². The number of benzene rings is 2. The van der Waals surface area contributed by atoms with E-state index in [-0.39, 0.29) is 11.6 Å². The van der Waals surface area contributed by atoms with Gasteiger partial charge in [0.05, 0.1) is 23.6 Å². The van der Waals surface area contributed by atoms with E-state index >= 15 is 0 Å². The minimum Gasteiger partial charge on any atom is -0.387 e. The summed E-state index contributed by atoms with van der Waals surface area (Å²) in [6, 6.07) is 12.3. The first-order valence-corrected chi connectivity index (χ1v) is 7.51. The third-order valence-electron chi connectivity index (χ3n) is 3.28. The summed E-state index contributed by atoms with van der Waals surface area (Å²) < 4.78 is 13.4. The fourth-order valence-electron chi connectivity index (χ4n) is 2.00. The van der Waals surface area contributed by atoms with Gasteiger partial charge in [0.25, 0.3) is 0 Å². The lowest BCUT2D eigenvalue weighted by Gasteiger charge is -2.13. The topological polar surface area (TPSA) is 85.2 Å². The lowest BCUT2D eigenvalue weighted by molar-refractivity contribution is 0.174. The maximum atomic E-state index is 13.4. The minimum absolute atomic E-state index is 0.0310. The van der Waals surface area contributed by atoms with Crippen LogP contribution >= 0.6 is 11.6 Å². The Hall–Kier alpha value is -2.62. The van der Waals surface area contributed by atoms with Crippen LogP contribution in [0.25, 0.3) is 0 Å². The van der Waals surface area contributed by atoms with E-state index in [1.807, 2.05) is 6.07 Å². The zero-order valence-electron chi connectivity index (χ0n) is 12.6. The van der Waals surface area contributed by atoms with E-state index < -0.39 is 18.0 Å². The largest absolute Gasteiger partial charge is 0.387 e. The van der Waals surface area contributed by atoms with Crippen LogP contribution in [0.3, 0.4) is 0 Å². The van der Waals surface area contributed by atoms with Crippen molar-refractivity contribution in [1.82, 2.24) is 5.32 Å². The quantitative estimate of drug-likeness (QED) is 0.775. The molecule has 2 aromatic carbocycles. The van der Waals surface area contributed by atoms with Crippen LogP contribution in [0.2, 0.25) is 5.02 Å². The van der Waals surface area contributed by atoms with Gasteiger partial charge in [-0.3, -0.25) is 0 Å². The number of amides is 2. The number of nitriles is 1. The number of rotatable bonds is 5. The molecule has 5 nitrogen and oxygen atoms in total. The van der Waals surface area contributed by atoms with Gasteiger partial charge in [0.15, 0.2) is 0 Å². The van der Waals surface area contributed by atoms with E-state index in [1.165, 1.54) is 12.1 Å². The molecule has 2 amide bonds. The lowest BCUT2D eigenvalue weighted by Crippen LogP contribution is -2.32. The van der Waals surface area contributed by atoms with Crippen LogP contribution in [0.15, 0.2) is 42.5 Å². The van der Waals surface area contributed by atoms with Gasteiger partial charge in [-0.05, 0) is 35.4 Å². The van der Waals surface area contributed by atoms with Gasteiger partial charge >= 0.3 is 6.03 Å². The Morgan fingerprint density at radius 3 is 2.62 bits per heavy atom. The van der Waals surface area contributed by atoms with Crippen LogP contribution in [0, 0.1) is 17.1 Å². The monoisotopic (exact) mass is 347 g/mol. The summed E-state index contributed by atoms with van der Waals surface area (Å²) in [5, 5.41) is 23.6. The highest BCUT2D eigenvalue weighted by molar-refractivity contribution is 6.30. The molecule has 2 aromatic rings. The summed E-state index contributed by atoms with van der Waals surface area (Å²) in [6.07, 6.45) is -0.753. The average Bonchev–Trinajstić information content (AvgIpc) is 2.57. The van der Waals surface area contributed by atoms with Crippen LogP contribution in [-0.4, -0.2) is 17.7 Å². The second-order valence-corrected chi connectivity index (χ2v) is 5.46. The van der Waals surface area contributed by atoms with E-state index in [4.69, 9.17) is 16.9 Å². The normalized spacial score (nSPS) is 11.4. The van der Waals surface area contributed by atoms with Crippen molar-refractivity contribution >= 4 is 23.3 Å². The number of hydrogen-bond acceptors (Lipinski definition) is 3. The van der Waals surface area contributed by atoms with E-state index in [0.717, 1.165) is 11.6 Å². The van der Waals surface area contributed by atoms with Gasteiger partial charge < -0.3 is 15.7 Å². The summed E-state index contributed by atoms with van der Waals surface area (Å²) in [7, 11) is 0. The highest BCUT2D eigenvalue weighted by atomic mass is 35.5. The van der Waals surface area contributed by atoms with Crippen molar-refractivity contribution in [2.24, 2.45) is 0 Å². The summed E-state index contributed by atoms with van der Waals surface area (Å²) in [4.78, 5) is 11.8. The van der Waals surface area contributed by atoms with Crippen molar-refractivity contribution in [3.8, 4) is 6.07 Å². The Morgan fingerprint density at radius 1 is 1.29 bits per heavy atom. The zero-order valence-corrected chi connectivity index (χ0v) is 13.3. The first-order chi connectivity index (χ1) is 11.5. The number of hydrogen-bond donors (Lipinski definition) is 3. The Balaban J connectivity index is 1.86. The van der Waals surface area contributed by atoms with Crippen molar-refractivity contribution < 1.29 is 14.3 Å². The maximum absolute atomic E-state index is 13.4. The third kappa shape index (κ3) is 4.95. The number of halogens is 2. The number of carbonyl (C=O) groups is 1. The smallest absolute Gasteiger partial charge is 0.319 e. The van der Waals surface area contributed by atoms with Crippen molar-refractivity contribution in [3.05, 3.63) is 64.4 Å². The lowest BCUT2D eigenvalue weighted by atomic mass is 10.1. The fraction of sp³-hybridized carbons (Fsp3) is 0.176. The van der Waals surface area contributed by atoms with E-state index in [0.29, 0.717) is 17.7 Å². The summed E-state index contributed by atoms with van der Waals surface area (Å²) in [6.45, 7) is -0.0839. The van der Waals surface area contributed by atoms with E-state index in [9.17, 15) is 14.3 Å². The molecule has 124 valence electrons. The molecule has 0 spiro atoms. The second kappa shape index (κ2) is 8.29. The fourth-order valence-corrected chi connectivity index (χ4v) is 2.12. The molecule has 7 heteroatoms. The van der Waals surface area contributed by atoms with Gasteiger partial charge in [0, 0.05) is 12.2 Å². The van der Waals surface area contributed by atoms with Gasteiger partial charge in [-0.1, -0.05) is 29.8 Å².